The van der Waals surface area contributed by atoms with Gasteiger partial charge < -0.3 is 5.32 Å². The predicted octanol–water partition coefficient (Wildman–Crippen LogP) is 5.73. The molecule has 5 nitrogen and oxygen atoms in total. The third kappa shape index (κ3) is 6.53. The number of hydrogen-bond donors (Lipinski definition) is 2. The minimum Gasteiger partial charge on any atom is -0.351 e. The van der Waals surface area contributed by atoms with Gasteiger partial charge in [-0.2, -0.15) is 11.8 Å². The number of anilines is 1. The molecule has 0 atom stereocenters. The standard InChI is InChI=1S/C25H27ClN2O3S2/c1-17-7-6-10-23(19(17)3)28-33(30,31)24-15-20(12-11-18(24)2)25(29)27-13-14-32-16-21-8-4-5-9-22(21)26/h4-12,15,28H,13-14,16H2,1-3H3,(H,27,29). The zero-order valence-corrected chi connectivity index (χ0v) is 21.2. The van der Waals surface area contributed by atoms with E-state index in [4.69, 9.17) is 11.6 Å². The molecule has 0 unspecified atom stereocenters. The van der Waals surface area contributed by atoms with Crippen molar-refractivity contribution in [3.8, 4) is 0 Å². The summed E-state index contributed by atoms with van der Waals surface area (Å²) >= 11 is 7.83. The Bertz CT molecular complexity index is 1260. The number of halogens is 1. The van der Waals surface area contributed by atoms with Crippen molar-refractivity contribution in [3.05, 3.63) is 93.5 Å². The Morgan fingerprint density at radius 1 is 0.970 bits per heavy atom. The summed E-state index contributed by atoms with van der Waals surface area (Å²) in [6.07, 6.45) is 0. The first-order valence-corrected chi connectivity index (χ1v) is 13.5. The summed E-state index contributed by atoms with van der Waals surface area (Å²) in [4.78, 5) is 12.7. The number of rotatable bonds is 9. The summed E-state index contributed by atoms with van der Waals surface area (Å²) in [5.41, 5.74) is 4.31. The second kappa shape index (κ2) is 11.1. The molecule has 0 aliphatic carbocycles. The van der Waals surface area contributed by atoms with E-state index in [1.165, 1.54) is 6.07 Å². The molecule has 0 radical (unpaired) electrons. The first-order chi connectivity index (χ1) is 15.7. The fraction of sp³-hybridized carbons (Fsp3) is 0.240. The molecule has 0 aromatic heterocycles. The maximum Gasteiger partial charge on any atom is 0.262 e. The molecule has 0 saturated carbocycles. The number of thioether (sulfide) groups is 1. The lowest BCUT2D eigenvalue weighted by molar-refractivity contribution is 0.0956. The topological polar surface area (TPSA) is 75.3 Å². The van der Waals surface area contributed by atoms with E-state index in [-0.39, 0.29) is 10.8 Å². The van der Waals surface area contributed by atoms with Crippen LogP contribution in [0.25, 0.3) is 0 Å². The molecule has 3 aromatic carbocycles. The predicted molar refractivity (Wildman–Crippen MR) is 138 cm³/mol. The maximum absolute atomic E-state index is 13.1. The molecule has 174 valence electrons. The molecule has 0 saturated heterocycles. The molecule has 0 aliphatic heterocycles. The molecule has 1 amide bonds. The van der Waals surface area contributed by atoms with Gasteiger partial charge in [-0.05, 0) is 67.3 Å². The second-order valence-electron chi connectivity index (χ2n) is 7.73. The van der Waals surface area contributed by atoms with Crippen LogP contribution < -0.4 is 10.0 Å². The van der Waals surface area contributed by atoms with Crippen LogP contribution >= 0.6 is 23.4 Å². The quantitative estimate of drug-likeness (QED) is 0.366. The minimum atomic E-state index is -3.85. The number of carbonyl (C=O) groups is 1. The van der Waals surface area contributed by atoms with Crippen molar-refractivity contribution in [2.75, 3.05) is 17.0 Å². The van der Waals surface area contributed by atoms with Crippen LogP contribution in [0.15, 0.2) is 65.6 Å². The average molecular weight is 503 g/mol. The van der Waals surface area contributed by atoms with E-state index in [2.05, 4.69) is 10.0 Å². The second-order valence-corrected chi connectivity index (χ2v) is 10.9. The third-order valence-electron chi connectivity index (χ3n) is 5.34. The van der Waals surface area contributed by atoms with Gasteiger partial charge in [0, 0.05) is 28.6 Å². The molecule has 0 aliphatic rings. The van der Waals surface area contributed by atoms with Gasteiger partial charge in [-0.1, -0.05) is 48.0 Å². The molecular formula is C25H27ClN2O3S2. The van der Waals surface area contributed by atoms with Crippen molar-refractivity contribution in [2.45, 2.75) is 31.4 Å². The van der Waals surface area contributed by atoms with E-state index in [1.54, 1.807) is 43.0 Å². The number of aryl methyl sites for hydroxylation is 2. The number of sulfonamides is 1. The van der Waals surface area contributed by atoms with Crippen LogP contribution in [0.2, 0.25) is 5.02 Å². The van der Waals surface area contributed by atoms with E-state index < -0.39 is 10.0 Å². The summed E-state index contributed by atoms with van der Waals surface area (Å²) in [6, 6.07) is 17.9. The van der Waals surface area contributed by atoms with Crippen LogP contribution in [0.4, 0.5) is 5.69 Å². The lowest BCUT2D eigenvalue weighted by Crippen LogP contribution is -2.26. The van der Waals surface area contributed by atoms with Crippen molar-refractivity contribution in [1.29, 1.82) is 0 Å². The van der Waals surface area contributed by atoms with E-state index in [0.717, 1.165) is 27.5 Å². The minimum absolute atomic E-state index is 0.0872. The van der Waals surface area contributed by atoms with Crippen molar-refractivity contribution in [1.82, 2.24) is 5.32 Å². The smallest absolute Gasteiger partial charge is 0.262 e. The molecule has 0 bridgehead atoms. The van der Waals surface area contributed by atoms with Crippen molar-refractivity contribution in [3.63, 3.8) is 0 Å². The summed E-state index contributed by atoms with van der Waals surface area (Å²) in [5, 5.41) is 3.59. The fourth-order valence-electron chi connectivity index (χ4n) is 3.23. The van der Waals surface area contributed by atoms with Crippen molar-refractivity contribution in [2.24, 2.45) is 0 Å². The number of amides is 1. The molecule has 0 spiro atoms. The van der Waals surface area contributed by atoms with Crippen molar-refractivity contribution >= 4 is 45.0 Å². The van der Waals surface area contributed by atoms with Crippen LogP contribution in [0.5, 0.6) is 0 Å². The zero-order valence-electron chi connectivity index (χ0n) is 18.8. The van der Waals surface area contributed by atoms with E-state index in [9.17, 15) is 13.2 Å². The number of benzene rings is 3. The SMILES string of the molecule is Cc1ccc(C(=O)NCCSCc2ccccc2Cl)cc1S(=O)(=O)Nc1cccc(C)c1C. The fourth-order valence-corrected chi connectivity index (χ4v) is 5.77. The van der Waals surface area contributed by atoms with Gasteiger partial charge in [0.25, 0.3) is 15.9 Å². The van der Waals surface area contributed by atoms with E-state index in [0.29, 0.717) is 29.1 Å². The lowest BCUT2D eigenvalue weighted by Gasteiger charge is -2.14. The Morgan fingerprint density at radius 3 is 2.48 bits per heavy atom. The molecular weight excluding hydrogens is 476 g/mol. The van der Waals surface area contributed by atoms with E-state index in [1.807, 2.05) is 44.2 Å². The van der Waals surface area contributed by atoms with Crippen LogP contribution in [0.1, 0.15) is 32.6 Å². The first-order valence-electron chi connectivity index (χ1n) is 10.5. The monoisotopic (exact) mass is 502 g/mol. The highest BCUT2D eigenvalue weighted by Crippen LogP contribution is 2.25. The van der Waals surface area contributed by atoms with Crippen molar-refractivity contribution < 1.29 is 13.2 Å². The van der Waals surface area contributed by atoms with Gasteiger partial charge in [-0.15, -0.1) is 0 Å². The highest BCUT2D eigenvalue weighted by Gasteiger charge is 2.20. The number of hydrogen-bond acceptors (Lipinski definition) is 4. The Kier molecular flexibility index (Phi) is 8.46. The van der Waals surface area contributed by atoms with Gasteiger partial charge in [-0.3, -0.25) is 9.52 Å². The highest BCUT2D eigenvalue weighted by molar-refractivity contribution is 7.98. The normalized spacial score (nSPS) is 11.3. The molecule has 33 heavy (non-hydrogen) atoms. The summed E-state index contributed by atoms with van der Waals surface area (Å²) in [6.45, 7) is 5.97. The highest BCUT2D eigenvalue weighted by atomic mass is 35.5. The van der Waals surface area contributed by atoms with Crippen LogP contribution in [-0.4, -0.2) is 26.6 Å². The Morgan fingerprint density at radius 2 is 1.73 bits per heavy atom. The van der Waals surface area contributed by atoms with Gasteiger partial charge in [0.2, 0.25) is 0 Å². The van der Waals surface area contributed by atoms with Crippen LogP contribution in [-0.2, 0) is 15.8 Å². The van der Waals surface area contributed by atoms with Gasteiger partial charge >= 0.3 is 0 Å². The zero-order chi connectivity index (χ0) is 24.0. The molecule has 0 heterocycles. The van der Waals surface area contributed by atoms with Gasteiger partial charge in [-0.25, -0.2) is 8.42 Å². The van der Waals surface area contributed by atoms with Gasteiger partial charge in [0.1, 0.15) is 0 Å². The Balaban J connectivity index is 1.63. The molecule has 8 heteroatoms. The molecule has 3 rings (SSSR count). The summed E-state index contributed by atoms with van der Waals surface area (Å²) in [5.74, 6) is 1.16. The molecule has 0 fully saturated rings. The van der Waals surface area contributed by atoms with E-state index >= 15 is 0 Å². The maximum atomic E-state index is 13.1. The van der Waals surface area contributed by atoms with Gasteiger partial charge in [0.15, 0.2) is 0 Å². The van der Waals surface area contributed by atoms with Crippen LogP contribution in [0.3, 0.4) is 0 Å². The molecule has 3 aromatic rings. The largest absolute Gasteiger partial charge is 0.351 e. The lowest BCUT2D eigenvalue weighted by atomic mass is 10.1. The first kappa shape index (κ1) is 25.1. The summed E-state index contributed by atoms with van der Waals surface area (Å²) in [7, 11) is -3.85. The van der Waals surface area contributed by atoms with Gasteiger partial charge in [0.05, 0.1) is 10.6 Å². The molecule has 2 N–H and O–H groups in total. The average Bonchev–Trinajstić information content (AvgIpc) is 2.78. The van der Waals surface area contributed by atoms with Crippen LogP contribution in [0, 0.1) is 20.8 Å². The Labute approximate surface area is 205 Å². The Hall–Kier alpha value is -2.48. The third-order valence-corrected chi connectivity index (χ3v) is 8.22. The number of nitrogens with one attached hydrogen (secondary N) is 2. The number of carbonyl (C=O) groups excluding carboxylic acids is 1. The summed E-state index contributed by atoms with van der Waals surface area (Å²) < 4.78 is 28.8.